The van der Waals surface area contributed by atoms with Crippen LogP contribution in [0.25, 0.3) is 11.3 Å². The van der Waals surface area contributed by atoms with Gasteiger partial charge in [-0.25, -0.2) is 4.68 Å². The predicted octanol–water partition coefficient (Wildman–Crippen LogP) is 2.05. The molecule has 2 amide bonds. The third kappa shape index (κ3) is 3.81. The molecule has 0 unspecified atom stereocenters. The molecule has 1 saturated heterocycles. The van der Waals surface area contributed by atoms with Gasteiger partial charge in [-0.3, -0.25) is 14.3 Å². The highest BCUT2D eigenvalue weighted by molar-refractivity contribution is 6.03. The molecule has 1 aromatic carbocycles. The summed E-state index contributed by atoms with van der Waals surface area (Å²) in [4.78, 5) is 26.2. The van der Waals surface area contributed by atoms with Crippen molar-refractivity contribution < 1.29 is 9.59 Å². The SMILES string of the molecule is CC#CC(=O)N1CCC2(CC(n3nc(-c4cnn(Cc5ccccc5)c4)c(C(N)=O)c3N)C2)C1. The number of primary amides is 1. The van der Waals surface area contributed by atoms with E-state index < -0.39 is 5.91 Å². The van der Waals surface area contributed by atoms with Crippen molar-refractivity contribution in [3.8, 4) is 23.1 Å². The maximum Gasteiger partial charge on any atom is 0.298 e. The van der Waals surface area contributed by atoms with Crippen molar-refractivity contribution in [3.63, 3.8) is 0 Å². The van der Waals surface area contributed by atoms with E-state index in [0.29, 0.717) is 30.9 Å². The Labute approximate surface area is 197 Å². The number of carbonyl (C=O) groups is 2. The molecular weight excluding hydrogens is 430 g/mol. The minimum atomic E-state index is -0.612. The largest absolute Gasteiger partial charge is 0.383 e. The molecule has 2 aliphatic rings. The molecule has 3 aromatic rings. The molecule has 9 nitrogen and oxygen atoms in total. The minimum absolute atomic E-state index is 0.0542. The van der Waals surface area contributed by atoms with E-state index in [1.54, 1.807) is 22.5 Å². The summed E-state index contributed by atoms with van der Waals surface area (Å²) in [5.41, 5.74) is 14.6. The molecule has 2 aromatic heterocycles. The summed E-state index contributed by atoms with van der Waals surface area (Å²) in [6.45, 7) is 3.68. The van der Waals surface area contributed by atoms with Gasteiger partial charge in [0.25, 0.3) is 11.8 Å². The Hall–Kier alpha value is -4.06. The van der Waals surface area contributed by atoms with Gasteiger partial charge >= 0.3 is 0 Å². The number of rotatable bonds is 5. The minimum Gasteiger partial charge on any atom is -0.383 e. The Morgan fingerprint density at radius 1 is 1.24 bits per heavy atom. The first-order chi connectivity index (χ1) is 16.4. The van der Waals surface area contributed by atoms with Crippen LogP contribution in [0.3, 0.4) is 0 Å². The molecule has 4 N–H and O–H groups in total. The first kappa shape index (κ1) is 21.8. The van der Waals surface area contributed by atoms with Crippen molar-refractivity contribution in [2.45, 2.75) is 38.8 Å². The van der Waals surface area contributed by atoms with Crippen molar-refractivity contribution in [1.82, 2.24) is 24.5 Å². The summed E-state index contributed by atoms with van der Waals surface area (Å²) in [7, 11) is 0. The second-order valence-corrected chi connectivity index (χ2v) is 9.24. The van der Waals surface area contributed by atoms with Crippen LogP contribution in [-0.4, -0.2) is 49.4 Å². The van der Waals surface area contributed by atoms with E-state index >= 15 is 0 Å². The van der Waals surface area contributed by atoms with Gasteiger partial charge in [-0.2, -0.15) is 10.2 Å². The number of likely N-dealkylation sites (tertiary alicyclic amines) is 1. The molecule has 0 radical (unpaired) electrons. The number of nitrogens with zero attached hydrogens (tertiary/aromatic N) is 5. The van der Waals surface area contributed by atoms with Crippen molar-refractivity contribution in [2.75, 3.05) is 18.8 Å². The second kappa shape index (κ2) is 8.37. The maximum atomic E-state index is 12.3. The van der Waals surface area contributed by atoms with E-state index in [-0.39, 0.29) is 28.7 Å². The average Bonchev–Trinajstić information content (AvgIpc) is 3.50. The van der Waals surface area contributed by atoms with Crippen LogP contribution in [0.5, 0.6) is 0 Å². The lowest BCUT2D eigenvalue weighted by atomic mass is 9.65. The molecular formula is C25H27N7O2. The highest BCUT2D eigenvalue weighted by Crippen LogP contribution is 2.54. The summed E-state index contributed by atoms with van der Waals surface area (Å²) in [5, 5.41) is 9.15. The van der Waals surface area contributed by atoms with Gasteiger partial charge < -0.3 is 16.4 Å². The van der Waals surface area contributed by atoms with Gasteiger partial charge in [0.05, 0.1) is 18.8 Å². The van der Waals surface area contributed by atoms with Crippen LogP contribution >= 0.6 is 0 Å². The molecule has 34 heavy (non-hydrogen) atoms. The van der Waals surface area contributed by atoms with Crippen molar-refractivity contribution in [2.24, 2.45) is 11.1 Å². The molecule has 5 rings (SSSR count). The Bertz CT molecular complexity index is 1310. The number of benzene rings is 1. The van der Waals surface area contributed by atoms with Crippen LogP contribution in [0, 0.1) is 17.3 Å². The monoisotopic (exact) mass is 457 g/mol. The zero-order valence-corrected chi connectivity index (χ0v) is 19.1. The highest BCUT2D eigenvalue weighted by atomic mass is 16.2. The van der Waals surface area contributed by atoms with E-state index in [4.69, 9.17) is 16.6 Å². The lowest BCUT2D eigenvalue weighted by Crippen LogP contribution is -2.42. The fourth-order valence-corrected chi connectivity index (χ4v) is 5.25. The van der Waals surface area contributed by atoms with Gasteiger partial charge in [-0.1, -0.05) is 36.3 Å². The number of aromatic nitrogens is 4. The number of hydrogen-bond acceptors (Lipinski definition) is 5. The third-order valence-electron chi connectivity index (χ3n) is 6.93. The lowest BCUT2D eigenvalue weighted by molar-refractivity contribution is -0.125. The van der Waals surface area contributed by atoms with Gasteiger partial charge in [0.1, 0.15) is 17.1 Å². The van der Waals surface area contributed by atoms with Crippen LogP contribution in [0.1, 0.15) is 48.1 Å². The lowest BCUT2D eigenvalue weighted by Gasteiger charge is -2.45. The fourth-order valence-electron chi connectivity index (χ4n) is 5.25. The van der Waals surface area contributed by atoms with Crippen LogP contribution in [-0.2, 0) is 11.3 Å². The Kier molecular flexibility index (Phi) is 5.36. The third-order valence-corrected chi connectivity index (χ3v) is 6.93. The molecule has 0 bridgehead atoms. The number of nitrogens with two attached hydrogens (primary N) is 2. The number of hydrogen-bond donors (Lipinski definition) is 2. The Balaban J connectivity index is 1.36. The van der Waals surface area contributed by atoms with Crippen molar-refractivity contribution >= 4 is 17.6 Å². The van der Waals surface area contributed by atoms with E-state index in [2.05, 4.69) is 16.9 Å². The topological polar surface area (TPSA) is 125 Å². The predicted molar refractivity (Wildman–Crippen MR) is 127 cm³/mol. The first-order valence-electron chi connectivity index (χ1n) is 11.4. The van der Waals surface area contributed by atoms with Crippen LogP contribution in [0.15, 0.2) is 42.7 Å². The highest BCUT2D eigenvalue weighted by Gasteiger charge is 2.51. The van der Waals surface area contributed by atoms with Crippen molar-refractivity contribution in [3.05, 3.63) is 53.9 Å². The summed E-state index contributed by atoms with van der Waals surface area (Å²) in [6, 6.07) is 10.0. The van der Waals surface area contributed by atoms with E-state index in [1.165, 1.54) is 0 Å². The Morgan fingerprint density at radius 2 is 2.00 bits per heavy atom. The molecule has 1 spiro atoms. The molecule has 174 valence electrons. The number of amides is 2. The van der Waals surface area contributed by atoms with Gasteiger partial charge in [-0.05, 0) is 43.1 Å². The molecule has 3 heterocycles. The van der Waals surface area contributed by atoms with Crippen LogP contribution in [0.4, 0.5) is 5.82 Å². The molecule has 1 aliphatic carbocycles. The van der Waals surface area contributed by atoms with Gasteiger partial charge in [-0.15, -0.1) is 0 Å². The second-order valence-electron chi connectivity index (χ2n) is 9.24. The quantitative estimate of drug-likeness (QED) is 0.567. The van der Waals surface area contributed by atoms with Crippen LogP contribution in [0.2, 0.25) is 0 Å². The normalized spacial score (nSPS) is 21.2. The van der Waals surface area contributed by atoms with Crippen LogP contribution < -0.4 is 11.5 Å². The summed E-state index contributed by atoms with van der Waals surface area (Å²) in [5.74, 6) is 4.85. The molecule has 0 atom stereocenters. The van der Waals surface area contributed by atoms with E-state index in [1.807, 2.05) is 41.4 Å². The summed E-state index contributed by atoms with van der Waals surface area (Å²) < 4.78 is 3.53. The number of carbonyl (C=O) groups excluding carboxylic acids is 2. The maximum absolute atomic E-state index is 12.3. The van der Waals surface area contributed by atoms with E-state index in [0.717, 1.165) is 24.8 Å². The van der Waals surface area contributed by atoms with Gasteiger partial charge in [0.15, 0.2) is 0 Å². The van der Waals surface area contributed by atoms with Gasteiger partial charge in [0, 0.05) is 24.8 Å². The Morgan fingerprint density at radius 3 is 2.71 bits per heavy atom. The molecule has 1 aliphatic heterocycles. The standard InChI is InChI=1S/C25H27N7O2/c1-2-6-20(33)30-10-9-25(16-30)11-19(12-25)32-23(26)21(24(27)34)22(29-32)18-13-28-31(15-18)14-17-7-4-3-5-8-17/h3-5,7-8,13,15,19H,9-12,14,16,26H2,1H3,(H2,27,34). The number of anilines is 1. The summed E-state index contributed by atoms with van der Waals surface area (Å²) >= 11 is 0. The molecule has 2 fully saturated rings. The summed E-state index contributed by atoms with van der Waals surface area (Å²) in [6.07, 6.45) is 6.14. The fraction of sp³-hybridized carbons (Fsp3) is 0.360. The van der Waals surface area contributed by atoms with Crippen molar-refractivity contribution in [1.29, 1.82) is 0 Å². The first-order valence-corrected chi connectivity index (χ1v) is 11.4. The zero-order valence-electron chi connectivity index (χ0n) is 19.1. The zero-order chi connectivity index (χ0) is 23.9. The smallest absolute Gasteiger partial charge is 0.298 e. The molecule has 9 heteroatoms. The average molecular weight is 458 g/mol. The number of nitrogen functional groups attached to an aromatic ring is 1. The molecule has 1 saturated carbocycles. The van der Waals surface area contributed by atoms with E-state index in [9.17, 15) is 9.59 Å². The van der Waals surface area contributed by atoms with Gasteiger partial charge in [0.2, 0.25) is 0 Å².